The molecular weight excluding hydrogens is 390 g/mol. The van der Waals surface area contributed by atoms with Gasteiger partial charge in [0.05, 0.1) is 0 Å². The molecule has 0 aliphatic rings. The van der Waals surface area contributed by atoms with E-state index < -0.39 is 0 Å². The highest BCUT2D eigenvalue weighted by atomic mass is 16.2. The van der Waals surface area contributed by atoms with Crippen LogP contribution in [0.1, 0.15) is 18.3 Å². The van der Waals surface area contributed by atoms with Crippen LogP contribution in [0.25, 0.3) is 5.82 Å². The van der Waals surface area contributed by atoms with E-state index in [0.717, 1.165) is 23.4 Å². The van der Waals surface area contributed by atoms with Gasteiger partial charge in [-0.3, -0.25) is 0 Å². The van der Waals surface area contributed by atoms with Crippen LogP contribution in [0.5, 0.6) is 0 Å². The van der Waals surface area contributed by atoms with E-state index in [0.29, 0.717) is 23.1 Å². The minimum absolute atomic E-state index is 0.281. The number of urea groups is 1. The van der Waals surface area contributed by atoms with Gasteiger partial charge in [-0.1, -0.05) is 25.1 Å². The van der Waals surface area contributed by atoms with Crippen LogP contribution in [0.3, 0.4) is 0 Å². The van der Waals surface area contributed by atoms with Crippen molar-refractivity contribution in [2.45, 2.75) is 20.3 Å². The van der Waals surface area contributed by atoms with Gasteiger partial charge in [-0.15, -0.1) is 0 Å². The van der Waals surface area contributed by atoms with Gasteiger partial charge in [-0.2, -0.15) is 5.10 Å². The molecule has 2 aromatic heterocycles. The summed E-state index contributed by atoms with van der Waals surface area (Å²) in [7, 11) is 0. The molecule has 0 fully saturated rings. The van der Waals surface area contributed by atoms with Gasteiger partial charge in [0, 0.05) is 35.5 Å². The van der Waals surface area contributed by atoms with Gasteiger partial charge in [-0.05, 0) is 55.3 Å². The molecule has 0 atom stereocenters. The van der Waals surface area contributed by atoms with E-state index in [4.69, 9.17) is 0 Å². The number of aromatic nitrogens is 4. The lowest BCUT2D eigenvalue weighted by molar-refractivity contribution is 0.262. The molecule has 0 saturated heterocycles. The minimum Gasteiger partial charge on any atom is -0.340 e. The van der Waals surface area contributed by atoms with Crippen molar-refractivity contribution in [2.75, 3.05) is 16.0 Å². The van der Waals surface area contributed by atoms with Crippen LogP contribution in [0.15, 0.2) is 73.1 Å². The molecule has 31 heavy (non-hydrogen) atoms. The highest BCUT2D eigenvalue weighted by Crippen LogP contribution is 2.20. The van der Waals surface area contributed by atoms with E-state index in [2.05, 4.69) is 37.9 Å². The first-order chi connectivity index (χ1) is 15.1. The first kappa shape index (κ1) is 20.1. The fraction of sp³-hybridized carbons (Fsp3) is 0.130. The molecule has 4 aromatic rings. The normalized spacial score (nSPS) is 10.5. The average Bonchev–Trinajstić information content (AvgIpc) is 3.30. The van der Waals surface area contributed by atoms with Crippen molar-refractivity contribution in [1.29, 1.82) is 0 Å². The maximum absolute atomic E-state index is 12.4. The van der Waals surface area contributed by atoms with Crippen molar-refractivity contribution in [3.8, 4) is 5.82 Å². The zero-order chi connectivity index (χ0) is 21.6. The van der Waals surface area contributed by atoms with Crippen molar-refractivity contribution in [3.05, 3.63) is 84.4 Å². The minimum atomic E-state index is -0.281. The maximum atomic E-state index is 12.4. The zero-order valence-electron chi connectivity index (χ0n) is 17.3. The molecule has 0 aliphatic carbocycles. The molecular formula is C23H23N7O. The Labute approximate surface area is 180 Å². The molecule has 156 valence electrons. The number of amides is 2. The van der Waals surface area contributed by atoms with Gasteiger partial charge < -0.3 is 16.0 Å². The Kier molecular flexibility index (Phi) is 5.89. The van der Waals surface area contributed by atoms with Crippen LogP contribution in [0, 0.1) is 6.92 Å². The molecule has 2 aromatic carbocycles. The third-order valence-corrected chi connectivity index (χ3v) is 4.63. The number of nitrogens with one attached hydrogen (secondary N) is 3. The Morgan fingerprint density at radius 1 is 0.968 bits per heavy atom. The number of para-hydroxylation sites is 1. The van der Waals surface area contributed by atoms with E-state index in [9.17, 15) is 4.79 Å². The van der Waals surface area contributed by atoms with Gasteiger partial charge >= 0.3 is 6.03 Å². The molecule has 0 spiro atoms. The standard InChI is InChI=1S/C23H23N7O/c1-3-17-7-4-5-8-20(17)29-23(31)28-19-11-9-18(10-12-19)27-21-15-22(26-16(2)25-21)30-14-6-13-24-30/h4-15H,3H2,1-2H3,(H,25,26,27)(H2,28,29,31). The molecule has 8 nitrogen and oxygen atoms in total. The summed E-state index contributed by atoms with van der Waals surface area (Å²) >= 11 is 0. The summed E-state index contributed by atoms with van der Waals surface area (Å²) in [4.78, 5) is 21.2. The molecule has 4 rings (SSSR count). The number of carbonyl (C=O) groups is 1. The second-order valence-corrected chi connectivity index (χ2v) is 6.90. The predicted molar refractivity (Wildman–Crippen MR) is 122 cm³/mol. The number of hydrogen-bond acceptors (Lipinski definition) is 5. The highest BCUT2D eigenvalue weighted by molar-refractivity contribution is 6.00. The number of benzene rings is 2. The van der Waals surface area contributed by atoms with Gasteiger partial charge in [0.1, 0.15) is 11.6 Å². The van der Waals surface area contributed by atoms with E-state index in [1.165, 1.54) is 0 Å². The van der Waals surface area contributed by atoms with Crippen LogP contribution in [0.4, 0.5) is 27.7 Å². The lowest BCUT2D eigenvalue weighted by Crippen LogP contribution is -2.20. The Balaban J connectivity index is 1.41. The topological polar surface area (TPSA) is 96.8 Å². The molecule has 0 aliphatic heterocycles. The first-order valence-electron chi connectivity index (χ1n) is 9.99. The Morgan fingerprint density at radius 3 is 2.48 bits per heavy atom. The summed E-state index contributed by atoms with van der Waals surface area (Å²) in [5.74, 6) is 1.98. The quantitative estimate of drug-likeness (QED) is 0.417. The smallest absolute Gasteiger partial charge is 0.323 e. The van der Waals surface area contributed by atoms with Gasteiger partial charge in [-0.25, -0.2) is 19.4 Å². The fourth-order valence-electron chi connectivity index (χ4n) is 3.16. The summed E-state index contributed by atoms with van der Waals surface area (Å²) < 4.78 is 1.68. The number of aryl methyl sites for hydroxylation is 2. The number of hydrogen-bond donors (Lipinski definition) is 3. The molecule has 0 bridgehead atoms. The molecule has 0 unspecified atom stereocenters. The molecule has 8 heteroatoms. The SMILES string of the molecule is CCc1ccccc1NC(=O)Nc1ccc(Nc2cc(-n3cccn3)nc(C)n2)cc1. The zero-order valence-corrected chi connectivity index (χ0v) is 17.3. The summed E-state index contributed by atoms with van der Waals surface area (Å²) in [5.41, 5.74) is 3.43. The summed E-state index contributed by atoms with van der Waals surface area (Å²) in [6.07, 6.45) is 4.38. The van der Waals surface area contributed by atoms with Crippen LogP contribution in [-0.2, 0) is 6.42 Å². The average molecular weight is 413 g/mol. The number of rotatable bonds is 6. The second kappa shape index (κ2) is 9.08. The lowest BCUT2D eigenvalue weighted by atomic mass is 10.1. The lowest BCUT2D eigenvalue weighted by Gasteiger charge is -2.12. The Morgan fingerprint density at radius 2 is 1.74 bits per heavy atom. The van der Waals surface area contributed by atoms with Gasteiger partial charge in [0.25, 0.3) is 0 Å². The predicted octanol–water partition coefficient (Wildman–Crippen LogP) is 4.92. The molecule has 0 saturated carbocycles. The number of anilines is 4. The number of nitrogens with zero attached hydrogens (tertiary/aromatic N) is 4. The van der Waals surface area contributed by atoms with Crippen LogP contribution < -0.4 is 16.0 Å². The number of carbonyl (C=O) groups excluding carboxylic acids is 1. The van der Waals surface area contributed by atoms with Crippen LogP contribution >= 0.6 is 0 Å². The van der Waals surface area contributed by atoms with Crippen molar-refractivity contribution in [2.24, 2.45) is 0 Å². The fourth-order valence-corrected chi connectivity index (χ4v) is 3.16. The third-order valence-electron chi connectivity index (χ3n) is 4.63. The van der Waals surface area contributed by atoms with E-state index in [1.54, 1.807) is 10.9 Å². The second-order valence-electron chi connectivity index (χ2n) is 6.90. The van der Waals surface area contributed by atoms with E-state index in [1.807, 2.05) is 73.8 Å². The largest absolute Gasteiger partial charge is 0.340 e. The summed E-state index contributed by atoms with van der Waals surface area (Å²) in [6, 6.07) is 18.6. The molecule has 2 amide bonds. The summed E-state index contributed by atoms with van der Waals surface area (Å²) in [6.45, 7) is 3.89. The maximum Gasteiger partial charge on any atom is 0.323 e. The summed E-state index contributed by atoms with van der Waals surface area (Å²) in [5, 5.41) is 13.2. The first-order valence-corrected chi connectivity index (χ1v) is 9.99. The molecule has 0 radical (unpaired) electrons. The van der Waals surface area contributed by atoms with Gasteiger partial charge in [0.15, 0.2) is 5.82 Å². The third kappa shape index (κ3) is 5.05. The van der Waals surface area contributed by atoms with E-state index >= 15 is 0 Å². The van der Waals surface area contributed by atoms with Crippen LogP contribution in [-0.4, -0.2) is 25.8 Å². The molecule has 2 heterocycles. The Hall–Kier alpha value is -4.20. The highest BCUT2D eigenvalue weighted by Gasteiger charge is 2.07. The van der Waals surface area contributed by atoms with Crippen molar-refractivity contribution < 1.29 is 4.79 Å². The van der Waals surface area contributed by atoms with Crippen molar-refractivity contribution >= 4 is 28.9 Å². The van der Waals surface area contributed by atoms with E-state index in [-0.39, 0.29) is 6.03 Å². The van der Waals surface area contributed by atoms with Crippen molar-refractivity contribution in [3.63, 3.8) is 0 Å². The molecule has 3 N–H and O–H groups in total. The monoisotopic (exact) mass is 413 g/mol. The van der Waals surface area contributed by atoms with Gasteiger partial charge in [0.2, 0.25) is 0 Å². The Bertz CT molecular complexity index is 1170. The van der Waals surface area contributed by atoms with Crippen LogP contribution in [0.2, 0.25) is 0 Å². The van der Waals surface area contributed by atoms with Crippen molar-refractivity contribution in [1.82, 2.24) is 19.7 Å².